The van der Waals surface area contributed by atoms with Crippen molar-refractivity contribution < 1.29 is 24.2 Å². The highest BCUT2D eigenvalue weighted by atomic mass is 35.5. The van der Waals surface area contributed by atoms with E-state index in [0.717, 1.165) is 19.6 Å². The van der Waals surface area contributed by atoms with E-state index in [1.165, 1.54) is 6.20 Å². The summed E-state index contributed by atoms with van der Waals surface area (Å²) in [4.78, 5) is 28.1. The molecule has 8 heteroatoms. The molecule has 0 aliphatic rings. The summed E-state index contributed by atoms with van der Waals surface area (Å²) < 4.78 is 10.4. The molecule has 1 atom stereocenters. The summed E-state index contributed by atoms with van der Waals surface area (Å²) >= 11 is 5.68. The third kappa shape index (κ3) is 10.2. The highest BCUT2D eigenvalue weighted by molar-refractivity contribution is 6.30. The molecular weight excluding hydrogens is 408 g/mol. The zero-order valence-electron chi connectivity index (χ0n) is 17.6. The molecule has 7 nitrogen and oxygen atoms in total. The van der Waals surface area contributed by atoms with Gasteiger partial charge in [0.2, 0.25) is 0 Å². The van der Waals surface area contributed by atoms with Crippen LogP contribution >= 0.6 is 11.6 Å². The topological polar surface area (TPSA) is 89.0 Å². The van der Waals surface area contributed by atoms with Crippen molar-refractivity contribution in [3.63, 3.8) is 0 Å². The minimum atomic E-state index is -0.862. The normalized spacial score (nSPS) is 11.2. The Hall–Kier alpha value is -2.64. The van der Waals surface area contributed by atoms with Gasteiger partial charge in [0.15, 0.2) is 0 Å². The number of pyridine rings is 1. The largest absolute Gasteiger partial charge is 0.493 e. The van der Waals surface area contributed by atoms with Crippen molar-refractivity contribution in [2.45, 2.75) is 20.8 Å². The van der Waals surface area contributed by atoms with Crippen molar-refractivity contribution >= 4 is 23.5 Å². The number of ether oxygens (including phenoxy) is 2. The molecule has 1 N–H and O–H groups in total. The van der Waals surface area contributed by atoms with Crippen molar-refractivity contribution in [2.24, 2.45) is 5.92 Å². The Kier molecular flexibility index (Phi) is 12.2. The standard InChI is InChI=1S/C12H18N2O2.C10H11ClO3/c1-3-14(4-2)8-9-16-12(15)11-6-5-7-13-10-11;1-7(10(12)13)6-14-9-4-2-8(11)3-5-9/h5-7,10H,3-4,8-9H2,1-2H3;2-5,7H,6H2,1H3,(H,12,13). The number of nitrogens with zero attached hydrogens (tertiary/aromatic N) is 2. The molecule has 2 aromatic rings. The van der Waals surface area contributed by atoms with Crippen LogP contribution in [0.15, 0.2) is 48.8 Å². The van der Waals surface area contributed by atoms with Gasteiger partial charge in [-0.05, 0) is 56.4 Å². The number of rotatable bonds is 10. The Morgan fingerprint density at radius 3 is 2.37 bits per heavy atom. The second kappa shape index (κ2) is 14.4. The molecule has 1 unspecified atom stereocenters. The zero-order chi connectivity index (χ0) is 22.4. The third-order valence-corrected chi connectivity index (χ3v) is 4.42. The first-order valence-corrected chi connectivity index (χ1v) is 10.2. The molecule has 30 heavy (non-hydrogen) atoms. The molecule has 2 rings (SSSR count). The number of hydrogen-bond acceptors (Lipinski definition) is 6. The van der Waals surface area contributed by atoms with E-state index in [0.29, 0.717) is 22.9 Å². The lowest BCUT2D eigenvalue weighted by Gasteiger charge is -2.17. The van der Waals surface area contributed by atoms with Gasteiger partial charge in [0.05, 0.1) is 11.5 Å². The molecule has 1 heterocycles. The van der Waals surface area contributed by atoms with Gasteiger partial charge in [-0.15, -0.1) is 0 Å². The molecule has 1 aromatic carbocycles. The molecule has 0 amide bonds. The molecular formula is C22H29ClN2O5. The predicted octanol–water partition coefficient (Wildman–Crippen LogP) is 4.02. The molecule has 1 aromatic heterocycles. The highest BCUT2D eigenvalue weighted by Crippen LogP contribution is 2.16. The lowest BCUT2D eigenvalue weighted by atomic mass is 10.2. The minimum absolute atomic E-state index is 0.164. The molecule has 0 aliphatic heterocycles. The van der Waals surface area contributed by atoms with Crippen molar-refractivity contribution in [1.29, 1.82) is 0 Å². The summed E-state index contributed by atoms with van der Waals surface area (Å²) in [5, 5.41) is 9.23. The maximum Gasteiger partial charge on any atom is 0.339 e. The number of esters is 1. The molecule has 0 saturated carbocycles. The fourth-order valence-electron chi connectivity index (χ4n) is 2.20. The van der Waals surface area contributed by atoms with Gasteiger partial charge in [-0.1, -0.05) is 25.4 Å². The molecule has 0 saturated heterocycles. The van der Waals surface area contributed by atoms with E-state index in [-0.39, 0.29) is 12.6 Å². The second-order valence-corrected chi connectivity index (χ2v) is 6.85. The number of carbonyl (C=O) groups is 2. The van der Waals surface area contributed by atoms with Crippen molar-refractivity contribution in [3.05, 3.63) is 59.4 Å². The van der Waals surface area contributed by atoms with Crippen LogP contribution < -0.4 is 4.74 Å². The van der Waals surface area contributed by atoms with Gasteiger partial charge in [0, 0.05) is 24.0 Å². The number of carboxylic acids is 1. The smallest absolute Gasteiger partial charge is 0.339 e. The van der Waals surface area contributed by atoms with E-state index in [1.807, 2.05) is 0 Å². The number of halogens is 1. The predicted molar refractivity (Wildman–Crippen MR) is 116 cm³/mol. The van der Waals surface area contributed by atoms with Crippen LogP contribution in [0, 0.1) is 5.92 Å². The van der Waals surface area contributed by atoms with Crippen LogP contribution in [0.25, 0.3) is 0 Å². The number of likely N-dealkylation sites (N-methyl/N-ethyl adjacent to an activating group) is 1. The maximum atomic E-state index is 11.5. The molecule has 0 aliphatic carbocycles. The molecule has 0 radical (unpaired) electrons. The number of aliphatic carboxylic acids is 1. The van der Waals surface area contributed by atoms with E-state index in [4.69, 9.17) is 26.2 Å². The molecule has 0 bridgehead atoms. The van der Waals surface area contributed by atoms with E-state index >= 15 is 0 Å². The summed E-state index contributed by atoms with van der Waals surface area (Å²) in [7, 11) is 0. The van der Waals surface area contributed by atoms with Crippen LogP contribution in [0.2, 0.25) is 5.02 Å². The number of carbonyl (C=O) groups excluding carboxylic acids is 1. The lowest BCUT2D eigenvalue weighted by molar-refractivity contribution is -0.142. The summed E-state index contributed by atoms with van der Waals surface area (Å²) in [5.74, 6) is -1.05. The van der Waals surface area contributed by atoms with Gasteiger partial charge in [-0.2, -0.15) is 0 Å². The Bertz CT molecular complexity index is 752. The number of carboxylic acid groups (broad SMARTS) is 1. The summed E-state index contributed by atoms with van der Waals surface area (Å²) in [6.45, 7) is 9.09. The van der Waals surface area contributed by atoms with Crippen molar-refractivity contribution in [1.82, 2.24) is 9.88 Å². The Labute approximate surface area is 182 Å². The van der Waals surface area contributed by atoms with Crippen LogP contribution in [0.4, 0.5) is 0 Å². The first-order valence-electron chi connectivity index (χ1n) is 9.78. The number of aromatic nitrogens is 1. The first kappa shape index (κ1) is 25.4. The Morgan fingerprint density at radius 2 is 1.83 bits per heavy atom. The SMILES string of the molecule is CC(COc1ccc(Cl)cc1)C(=O)O.CCN(CC)CCOC(=O)c1cccnc1. The van der Waals surface area contributed by atoms with E-state index in [2.05, 4.69) is 23.7 Å². The maximum absolute atomic E-state index is 11.5. The van der Waals surface area contributed by atoms with Crippen LogP contribution in [-0.2, 0) is 9.53 Å². The van der Waals surface area contributed by atoms with Crippen molar-refractivity contribution in [3.8, 4) is 5.75 Å². The van der Waals surface area contributed by atoms with Gasteiger partial charge < -0.3 is 19.5 Å². The van der Waals surface area contributed by atoms with Crippen molar-refractivity contribution in [2.75, 3.05) is 32.8 Å². The average Bonchev–Trinajstić information content (AvgIpc) is 2.77. The van der Waals surface area contributed by atoms with Gasteiger partial charge >= 0.3 is 11.9 Å². The minimum Gasteiger partial charge on any atom is -0.493 e. The van der Waals surface area contributed by atoms with Crippen LogP contribution in [0.1, 0.15) is 31.1 Å². The molecule has 0 fully saturated rings. The number of hydrogen-bond donors (Lipinski definition) is 1. The second-order valence-electron chi connectivity index (χ2n) is 6.41. The quantitative estimate of drug-likeness (QED) is 0.562. The molecule has 0 spiro atoms. The fourth-order valence-corrected chi connectivity index (χ4v) is 2.32. The Morgan fingerprint density at radius 1 is 1.17 bits per heavy atom. The van der Waals surface area contributed by atoms with Crippen LogP contribution in [0.5, 0.6) is 5.75 Å². The summed E-state index contributed by atoms with van der Waals surface area (Å²) in [6, 6.07) is 10.2. The monoisotopic (exact) mass is 436 g/mol. The Balaban J connectivity index is 0.000000303. The van der Waals surface area contributed by atoms with Crippen LogP contribution in [-0.4, -0.2) is 59.8 Å². The average molecular weight is 437 g/mol. The van der Waals surface area contributed by atoms with E-state index in [1.54, 1.807) is 49.5 Å². The van der Waals surface area contributed by atoms with Gasteiger partial charge in [-0.25, -0.2) is 4.79 Å². The van der Waals surface area contributed by atoms with E-state index < -0.39 is 11.9 Å². The zero-order valence-corrected chi connectivity index (χ0v) is 18.3. The van der Waals surface area contributed by atoms with Gasteiger partial charge in [0.25, 0.3) is 0 Å². The molecule has 164 valence electrons. The fraction of sp³-hybridized carbons (Fsp3) is 0.409. The third-order valence-electron chi connectivity index (χ3n) is 4.17. The highest BCUT2D eigenvalue weighted by Gasteiger charge is 2.11. The lowest BCUT2D eigenvalue weighted by Crippen LogP contribution is -2.27. The number of benzene rings is 1. The summed E-state index contributed by atoms with van der Waals surface area (Å²) in [6.07, 6.45) is 3.15. The van der Waals surface area contributed by atoms with Crippen LogP contribution in [0.3, 0.4) is 0 Å². The van der Waals surface area contributed by atoms with Gasteiger partial charge in [0.1, 0.15) is 19.0 Å². The van der Waals surface area contributed by atoms with Gasteiger partial charge in [-0.3, -0.25) is 9.78 Å². The first-order chi connectivity index (χ1) is 14.4. The summed E-state index contributed by atoms with van der Waals surface area (Å²) in [5.41, 5.74) is 0.502. The van der Waals surface area contributed by atoms with E-state index in [9.17, 15) is 9.59 Å².